The number of carbonyl (C=O) groups excluding carboxylic acids is 1. The van der Waals surface area contributed by atoms with Crippen molar-refractivity contribution in [2.45, 2.75) is 52.9 Å². The molecule has 0 spiro atoms. The minimum Gasteiger partial charge on any atom is -0.397 e. The lowest BCUT2D eigenvalue weighted by Crippen LogP contribution is -2.38. The van der Waals surface area contributed by atoms with Crippen molar-refractivity contribution >= 4 is 27.2 Å². The number of carbonyl (C=O) groups is 1. The largest absolute Gasteiger partial charge is 0.397 e. The molecule has 0 aliphatic carbocycles. The maximum atomic E-state index is 12.7. The van der Waals surface area contributed by atoms with Gasteiger partial charge in [-0.3, -0.25) is 9.10 Å². The minimum absolute atomic E-state index is 0.0523. The van der Waals surface area contributed by atoms with E-state index in [1.54, 1.807) is 6.07 Å². The molecule has 1 aromatic rings. The average Bonchev–Trinajstić information content (AvgIpc) is 2.50. The summed E-state index contributed by atoms with van der Waals surface area (Å²) < 4.78 is 26.8. The van der Waals surface area contributed by atoms with Crippen LogP contribution in [0.15, 0.2) is 12.1 Å². The predicted octanol–water partition coefficient (Wildman–Crippen LogP) is 3.38. The normalized spacial score (nSPS) is 14.8. The highest BCUT2D eigenvalue weighted by Crippen LogP contribution is 2.36. The third kappa shape index (κ3) is 4.09. The van der Waals surface area contributed by atoms with Gasteiger partial charge in [-0.05, 0) is 42.9 Å². The van der Waals surface area contributed by atoms with Crippen molar-refractivity contribution < 1.29 is 13.2 Å². The Morgan fingerprint density at radius 3 is 2.67 bits per heavy atom. The van der Waals surface area contributed by atoms with E-state index in [9.17, 15) is 13.2 Å². The van der Waals surface area contributed by atoms with Gasteiger partial charge in [0.2, 0.25) is 10.0 Å². The number of sulfonamides is 1. The van der Waals surface area contributed by atoms with Crippen LogP contribution in [0.2, 0.25) is 0 Å². The Kier molecular flexibility index (Phi) is 5.91. The Bertz CT molecular complexity index is 711. The number of aryl methyl sites for hydroxylation is 1. The zero-order valence-corrected chi connectivity index (χ0v) is 15.7. The number of unbranched alkanes of at least 4 members (excludes halogenated alkanes) is 1. The van der Waals surface area contributed by atoms with Crippen LogP contribution in [-0.2, 0) is 16.4 Å². The van der Waals surface area contributed by atoms with Gasteiger partial charge in [0.05, 0.1) is 17.1 Å². The molecule has 1 aromatic carbocycles. The summed E-state index contributed by atoms with van der Waals surface area (Å²) in [5.41, 5.74) is 8.60. The van der Waals surface area contributed by atoms with Crippen LogP contribution in [0.1, 0.15) is 62.4 Å². The molecule has 2 N–H and O–H groups in total. The molecular formula is C18H28N2O3S. The van der Waals surface area contributed by atoms with Gasteiger partial charge >= 0.3 is 0 Å². The van der Waals surface area contributed by atoms with E-state index in [1.807, 2.05) is 26.8 Å². The van der Waals surface area contributed by atoms with Crippen LogP contribution >= 0.6 is 0 Å². The molecule has 2 rings (SSSR count). The van der Waals surface area contributed by atoms with Crippen LogP contribution in [0, 0.1) is 5.92 Å². The molecule has 0 aromatic heterocycles. The lowest BCUT2D eigenvalue weighted by atomic mass is 9.96. The number of anilines is 2. The average molecular weight is 353 g/mol. The molecule has 1 aliphatic heterocycles. The van der Waals surface area contributed by atoms with Crippen LogP contribution in [0.3, 0.4) is 0 Å². The van der Waals surface area contributed by atoms with E-state index >= 15 is 0 Å². The van der Waals surface area contributed by atoms with Gasteiger partial charge < -0.3 is 5.73 Å². The topological polar surface area (TPSA) is 80.5 Å². The third-order valence-corrected chi connectivity index (χ3v) is 6.36. The second-order valence-electron chi connectivity index (χ2n) is 6.95. The fourth-order valence-corrected chi connectivity index (χ4v) is 5.10. The molecule has 0 saturated carbocycles. The van der Waals surface area contributed by atoms with Gasteiger partial charge in [-0.1, -0.05) is 27.2 Å². The van der Waals surface area contributed by atoms with Crippen LogP contribution in [0.25, 0.3) is 0 Å². The molecule has 0 unspecified atom stereocenters. The van der Waals surface area contributed by atoms with Gasteiger partial charge in [0.1, 0.15) is 0 Å². The van der Waals surface area contributed by atoms with Crippen molar-refractivity contribution in [2.24, 2.45) is 5.92 Å². The van der Waals surface area contributed by atoms with E-state index < -0.39 is 10.0 Å². The Morgan fingerprint density at radius 1 is 1.33 bits per heavy atom. The van der Waals surface area contributed by atoms with Crippen molar-refractivity contribution in [1.82, 2.24) is 0 Å². The molecule has 1 aliphatic rings. The number of benzene rings is 1. The maximum absolute atomic E-state index is 12.7. The monoisotopic (exact) mass is 352 g/mol. The van der Waals surface area contributed by atoms with Gasteiger partial charge in [-0.25, -0.2) is 8.42 Å². The number of nitrogens with two attached hydrogens (primary N) is 1. The van der Waals surface area contributed by atoms with E-state index in [-0.39, 0.29) is 17.5 Å². The summed E-state index contributed by atoms with van der Waals surface area (Å²) in [7, 11) is -3.40. The van der Waals surface area contributed by atoms with E-state index in [0.717, 1.165) is 31.2 Å². The molecule has 24 heavy (non-hydrogen) atoms. The number of hydrogen-bond acceptors (Lipinski definition) is 4. The van der Waals surface area contributed by atoms with E-state index in [0.29, 0.717) is 29.9 Å². The van der Waals surface area contributed by atoms with Crippen molar-refractivity contribution in [3.05, 3.63) is 23.3 Å². The molecule has 0 bridgehead atoms. The highest BCUT2D eigenvalue weighted by atomic mass is 32.2. The third-order valence-electron chi connectivity index (χ3n) is 4.23. The Hall–Kier alpha value is -1.56. The zero-order valence-electron chi connectivity index (χ0n) is 14.8. The van der Waals surface area contributed by atoms with E-state index in [2.05, 4.69) is 0 Å². The lowest BCUT2D eigenvalue weighted by Gasteiger charge is -2.32. The first-order valence-electron chi connectivity index (χ1n) is 8.72. The number of ketones is 1. The van der Waals surface area contributed by atoms with E-state index in [1.165, 1.54) is 4.31 Å². The van der Waals surface area contributed by atoms with Gasteiger partial charge in [-0.2, -0.15) is 0 Å². The SMILES string of the molecule is CCCCC(=O)c1cc(N)c2c(c1)CCCN2S(=O)(=O)CC(C)C. The smallest absolute Gasteiger partial charge is 0.235 e. The van der Waals surface area contributed by atoms with Crippen molar-refractivity contribution in [1.29, 1.82) is 0 Å². The summed E-state index contributed by atoms with van der Waals surface area (Å²) >= 11 is 0. The maximum Gasteiger partial charge on any atom is 0.235 e. The summed E-state index contributed by atoms with van der Waals surface area (Å²) in [4.78, 5) is 12.3. The lowest BCUT2D eigenvalue weighted by molar-refractivity contribution is 0.0979. The standard InChI is InChI=1S/C18H28N2O3S/c1-4-5-8-17(21)15-10-14-7-6-9-20(18(14)16(19)11-15)24(22,23)12-13(2)3/h10-11,13H,4-9,12,19H2,1-3H3. The molecule has 0 fully saturated rings. The molecule has 5 nitrogen and oxygen atoms in total. The van der Waals surface area contributed by atoms with Gasteiger partial charge in [0, 0.05) is 18.5 Å². The molecule has 0 radical (unpaired) electrons. The molecule has 134 valence electrons. The van der Waals surface area contributed by atoms with Crippen molar-refractivity contribution in [2.75, 3.05) is 22.3 Å². The quantitative estimate of drug-likeness (QED) is 0.602. The number of nitrogens with zero attached hydrogens (tertiary/aromatic N) is 1. The Morgan fingerprint density at radius 2 is 2.04 bits per heavy atom. The molecule has 0 amide bonds. The fraction of sp³-hybridized carbons (Fsp3) is 0.611. The second kappa shape index (κ2) is 7.55. The second-order valence-corrected chi connectivity index (χ2v) is 8.89. The summed E-state index contributed by atoms with van der Waals surface area (Å²) in [5, 5.41) is 0. The van der Waals surface area contributed by atoms with Crippen LogP contribution in [0.5, 0.6) is 0 Å². The first-order chi connectivity index (χ1) is 11.3. The fourth-order valence-electron chi connectivity index (χ4n) is 3.17. The van der Waals surface area contributed by atoms with Crippen LogP contribution in [0.4, 0.5) is 11.4 Å². The molecule has 1 heterocycles. The molecule has 0 atom stereocenters. The van der Waals surface area contributed by atoms with Gasteiger partial charge in [0.25, 0.3) is 0 Å². The summed E-state index contributed by atoms with van der Waals surface area (Å²) in [6, 6.07) is 3.47. The van der Waals surface area contributed by atoms with E-state index in [4.69, 9.17) is 5.73 Å². The number of fused-ring (bicyclic) bond motifs is 1. The molecule has 6 heteroatoms. The first kappa shape index (κ1) is 18.8. The van der Waals surface area contributed by atoms with Crippen molar-refractivity contribution in [3.63, 3.8) is 0 Å². The number of Topliss-reactive ketones (excluding diaryl/α,β-unsaturated/α-hetero) is 1. The van der Waals surface area contributed by atoms with Crippen LogP contribution in [-0.4, -0.2) is 26.5 Å². The highest BCUT2D eigenvalue weighted by molar-refractivity contribution is 7.92. The van der Waals surface area contributed by atoms with Gasteiger partial charge in [-0.15, -0.1) is 0 Å². The number of rotatable bonds is 7. The molecule has 0 saturated heterocycles. The Labute approximate surface area is 145 Å². The molecular weight excluding hydrogens is 324 g/mol. The van der Waals surface area contributed by atoms with Crippen LogP contribution < -0.4 is 10.0 Å². The first-order valence-corrected chi connectivity index (χ1v) is 10.3. The minimum atomic E-state index is -3.40. The highest BCUT2D eigenvalue weighted by Gasteiger charge is 2.30. The number of nitrogen functional groups attached to an aromatic ring is 1. The summed E-state index contributed by atoms with van der Waals surface area (Å²) in [6.45, 7) is 6.28. The number of hydrogen-bond donors (Lipinski definition) is 1. The predicted molar refractivity (Wildman–Crippen MR) is 99.0 cm³/mol. The van der Waals surface area contributed by atoms with Gasteiger partial charge in [0.15, 0.2) is 5.78 Å². The zero-order chi connectivity index (χ0) is 17.9. The summed E-state index contributed by atoms with van der Waals surface area (Å²) in [5.74, 6) is 0.230. The van der Waals surface area contributed by atoms with Crippen molar-refractivity contribution in [3.8, 4) is 0 Å². The summed E-state index contributed by atoms with van der Waals surface area (Å²) in [6.07, 6.45) is 3.82. The Balaban J connectivity index is 2.39.